The number of rotatable bonds is 5. The molecule has 3 rings (SSSR count). The largest absolute Gasteiger partial charge is 0.394 e. The molecule has 0 saturated carbocycles. The molecule has 2 N–H and O–H groups in total. The molecule has 2 heterocycles. The van der Waals surface area contributed by atoms with Gasteiger partial charge < -0.3 is 15.3 Å². The Labute approximate surface area is 142 Å². The lowest BCUT2D eigenvalue weighted by atomic mass is 10.1. The molecule has 0 bridgehead atoms. The summed E-state index contributed by atoms with van der Waals surface area (Å²) in [5, 5.41) is 17.4. The molecule has 0 spiro atoms. The zero-order chi connectivity index (χ0) is 16.4. The highest BCUT2D eigenvalue weighted by atomic mass is 79.9. The maximum Gasteiger partial charge on any atom is 0.153 e. The van der Waals surface area contributed by atoms with Crippen molar-refractivity contribution in [2.75, 3.05) is 30.9 Å². The maximum absolute atomic E-state index is 9.82. The minimum Gasteiger partial charge on any atom is -0.394 e. The zero-order valence-electron chi connectivity index (χ0n) is 12.9. The Kier molecular flexibility index (Phi) is 4.49. The molecular weight excluding hydrogens is 358 g/mol. The van der Waals surface area contributed by atoms with Gasteiger partial charge in [-0.3, -0.25) is 0 Å². The van der Waals surface area contributed by atoms with Crippen molar-refractivity contribution >= 4 is 33.0 Å². The van der Waals surface area contributed by atoms with Crippen LogP contribution < -0.4 is 10.2 Å². The molecule has 6 nitrogen and oxygen atoms in total. The van der Waals surface area contributed by atoms with Crippen molar-refractivity contribution in [3.63, 3.8) is 0 Å². The van der Waals surface area contributed by atoms with E-state index in [9.17, 15) is 5.11 Å². The molecule has 0 aliphatic rings. The first-order valence-corrected chi connectivity index (χ1v) is 8.02. The second-order valence-electron chi connectivity index (χ2n) is 5.43. The third kappa shape index (κ3) is 3.16. The number of aliphatic hydroxyl groups is 1. The monoisotopic (exact) mass is 375 g/mol. The molecule has 3 aromatic rings. The summed E-state index contributed by atoms with van der Waals surface area (Å²) in [6.07, 6.45) is 5.19. The number of halogens is 1. The number of hydrogen-bond donors (Lipinski definition) is 2. The molecule has 120 valence electrons. The Balaban J connectivity index is 1.95. The maximum atomic E-state index is 9.82. The first-order chi connectivity index (χ1) is 11.1. The van der Waals surface area contributed by atoms with E-state index in [1.807, 2.05) is 37.2 Å². The van der Waals surface area contributed by atoms with Gasteiger partial charge in [-0.2, -0.15) is 5.10 Å². The molecule has 0 fully saturated rings. The van der Waals surface area contributed by atoms with Gasteiger partial charge >= 0.3 is 0 Å². The molecule has 2 aromatic heterocycles. The molecular formula is C16H18BrN5O. The summed E-state index contributed by atoms with van der Waals surface area (Å²) in [7, 11) is 3.98. The first-order valence-electron chi connectivity index (χ1n) is 7.22. The van der Waals surface area contributed by atoms with Crippen LogP contribution in [-0.4, -0.2) is 40.4 Å². The summed E-state index contributed by atoms with van der Waals surface area (Å²) in [4.78, 5) is 6.42. The van der Waals surface area contributed by atoms with Crippen molar-refractivity contribution in [2.24, 2.45) is 0 Å². The van der Waals surface area contributed by atoms with Crippen LogP contribution >= 0.6 is 15.9 Å². The standard InChI is InChI=1S/C16H18BrN5O/c1-21(2)12-5-3-4-11(8-12)14(10-23)20-16-15-13(17)9-19-22(15)7-6-18-16/h3-9,14,23H,10H2,1-2H3,(H,18,20)/t14-/m0/s1. The van der Waals surface area contributed by atoms with Crippen LogP contribution in [0.5, 0.6) is 0 Å². The van der Waals surface area contributed by atoms with E-state index in [4.69, 9.17) is 0 Å². The summed E-state index contributed by atoms with van der Waals surface area (Å²) in [6, 6.07) is 7.81. The first kappa shape index (κ1) is 15.8. The summed E-state index contributed by atoms with van der Waals surface area (Å²) >= 11 is 3.48. The predicted molar refractivity (Wildman–Crippen MR) is 94.9 cm³/mol. The summed E-state index contributed by atoms with van der Waals surface area (Å²) in [5.41, 5.74) is 2.92. The van der Waals surface area contributed by atoms with Gasteiger partial charge in [-0.05, 0) is 33.6 Å². The van der Waals surface area contributed by atoms with Crippen LogP contribution in [0.15, 0.2) is 47.3 Å². The van der Waals surface area contributed by atoms with Crippen LogP contribution in [0.3, 0.4) is 0 Å². The van der Waals surface area contributed by atoms with E-state index >= 15 is 0 Å². The van der Waals surface area contributed by atoms with E-state index < -0.39 is 0 Å². The topological polar surface area (TPSA) is 65.7 Å². The average Bonchev–Trinajstić information content (AvgIpc) is 2.95. The number of nitrogens with one attached hydrogen (secondary N) is 1. The second-order valence-corrected chi connectivity index (χ2v) is 6.28. The highest BCUT2D eigenvalue weighted by molar-refractivity contribution is 9.10. The molecule has 0 aliphatic heterocycles. The van der Waals surface area contributed by atoms with Crippen LogP contribution in [0.4, 0.5) is 11.5 Å². The van der Waals surface area contributed by atoms with Gasteiger partial charge in [-0.25, -0.2) is 9.50 Å². The Morgan fingerprint density at radius 3 is 2.96 bits per heavy atom. The number of aliphatic hydroxyl groups excluding tert-OH is 1. The number of benzene rings is 1. The Bertz CT molecular complexity index is 817. The van der Waals surface area contributed by atoms with E-state index in [-0.39, 0.29) is 12.6 Å². The SMILES string of the molecule is CN(C)c1cccc([C@H](CO)Nc2nccn3ncc(Br)c23)c1. The van der Waals surface area contributed by atoms with Crippen molar-refractivity contribution in [3.8, 4) is 0 Å². The van der Waals surface area contributed by atoms with Gasteiger partial charge in [0.15, 0.2) is 5.82 Å². The van der Waals surface area contributed by atoms with Gasteiger partial charge in [0.1, 0.15) is 5.52 Å². The van der Waals surface area contributed by atoms with Gasteiger partial charge in [0.2, 0.25) is 0 Å². The smallest absolute Gasteiger partial charge is 0.153 e. The fraction of sp³-hybridized carbons (Fsp3) is 0.250. The lowest BCUT2D eigenvalue weighted by Crippen LogP contribution is -2.17. The Morgan fingerprint density at radius 1 is 1.39 bits per heavy atom. The molecule has 0 amide bonds. The van der Waals surface area contributed by atoms with Crippen molar-refractivity contribution in [1.82, 2.24) is 14.6 Å². The summed E-state index contributed by atoms with van der Waals surface area (Å²) in [6.45, 7) is -0.0363. The number of hydrogen-bond acceptors (Lipinski definition) is 5. The third-order valence-electron chi connectivity index (χ3n) is 3.67. The molecule has 0 unspecified atom stereocenters. The molecule has 0 radical (unpaired) electrons. The average molecular weight is 376 g/mol. The van der Waals surface area contributed by atoms with Gasteiger partial charge in [0.25, 0.3) is 0 Å². The number of aromatic nitrogens is 3. The van der Waals surface area contributed by atoms with Crippen LogP contribution in [0.2, 0.25) is 0 Å². The van der Waals surface area contributed by atoms with Crippen LogP contribution in [0, 0.1) is 0 Å². The van der Waals surface area contributed by atoms with Gasteiger partial charge in [0, 0.05) is 32.2 Å². The van der Waals surface area contributed by atoms with Gasteiger partial charge in [-0.15, -0.1) is 0 Å². The van der Waals surface area contributed by atoms with Crippen molar-refractivity contribution in [3.05, 3.63) is 52.9 Å². The van der Waals surface area contributed by atoms with Crippen LogP contribution in [0.1, 0.15) is 11.6 Å². The lowest BCUT2D eigenvalue weighted by molar-refractivity contribution is 0.276. The molecule has 1 aromatic carbocycles. The minimum absolute atomic E-state index is 0.0363. The fourth-order valence-corrected chi connectivity index (χ4v) is 2.89. The predicted octanol–water partition coefficient (Wildman–Crippen LogP) is 2.70. The van der Waals surface area contributed by atoms with Crippen LogP contribution in [-0.2, 0) is 0 Å². The van der Waals surface area contributed by atoms with Crippen molar-refractivity contribution < 1.29 is 5.11 Å². The van der Waals surface area contributed by atoms with Gasteiger partial charge in [-0.1, -0.05) is 12.1 Å². The Hall–Kier alpha value is -2.12. The number of nitrogens with zero attached hydrogens (tertiary/aromatic N) is 4. The third-order valence-corrected chi connectivity index (χ3v) is 4.25. The molecule has 7 heteroatoms. The fourth-order valence-electron chi connectivity index (χ4n) is 2.43. The Morgan fingerprint density at radius 2 is 2.22 bits per heavy atom. The highest BCUT2D eigenvalue weighted by Gasteiger charge is 2.15. The number of anilines is 2. The summed E-state index contributed by atoms with van der Waals surface area (Å²) in [5.74, 6) is 0.672. The zero-order valence-corrected chi connectivity index (χ0v) is 14.5. The summed E-state index contributed by atoms with van der Waals surface area (Å²) < 4.78 is 2.59. The van der Waals surface area contributed by atoms with Crippen molar-refractivity contribution in [1.29, 1.82) is 0 Å². The van der Waals surface area contributed by atoms with E-state index in [2.05, 4.69) is 37.4 Å². The second kappa shape index (κ2) is 6.55. The van der Waals surface area contributed by atoms with E-state index in [1.165, 1.54) is 0 Å². The van der Waals surface area contributed by atoms with Crippen molar-refractivity contribution in [2.45, 2.75) is 6.04 Å². The van der Waals surface area contributed by atoms with Crippen LogP contribution in [0.25, 0.3) is 5.52 Å². The molecule has 0 aliphatic carbocycles. The molecule has 1 atom stereocenters. The molecule has 0 saturated heterocycles. The minimum atomic E-state index is -0.254. The normalized spacial score (nSPS) is 12.3. The van der Waals surface area contributed by atoms with E-state index in [0.717, 1.165) is 21.2 Å². The van der Waals surface area contributed by atoms with E-state index in [1.54, 1.807) is 23.1 Å². The van der Waals surface area contributed by atoms with E-state index in [0.29, 0.717) is 5.82 Å². The number of fused-ring (bicyclic) bond motifs is 1. The van der Waals surface area contributed by atoms with Gasteiger partial charge in [0.05, 0.1) is 23.3 Å². The lowest BCUT2D eigenvalue weighted by Gasteiger charge is -2.20. The molecule has 23 heavy (non-hydrogen) atoms. The quantitative estimate of drug-likeness (QED) is 0.717. The highest BCUT2D eigenvalue weighted by Crippen LogP contribution is 2.27.